The summed E-state index contributed by atoms with van der Waals surface area (Å²) in [5.74, 6) is -0.563. The Morgan fingerprint density at radius 1 is 1.29 bits per heavy atom. The van der Waals surface area contributed by atoms with Crippen LogP contribution < -0.4 is 5.32 Å². The van der Waals surface area contributed by atoms with Gasteiger partial charge in [0, 0.05) is 5.69 Å². The Labute approximate surface area is 124 Å². The van der Waals surface area contributed by atoms with Crippen molar-refractivity contribution < 1.29 is 14.3 Å². The first-order valence-corrected chi connectivity index (χ1v) is 6.81. The highest BCUT2D eigenvalue weighted by Gasteiger charge is 2.15. The van der Waals surface area contributed by atoms with Crippen molar-refractivity contribution in [2.45, 2.75) is 39.5 Å². The van der Waals surface area contributed by atoms with Crippen LogP contribution in [-0.4, -0.2) is 16.1 Å². The van der Waals surface area contributed by atoms with Gasteiger partial charge in [-0.2, -0.15) is 4.98 Å². The lowest BCUT2D eigenvalue weighted by molar-refractivity contribution is -0.136. The third-order valence-electron chi connectivity index (χ3n) is 3.21. The van der Waals surface area contributed by atoms with E-state index < -0.39 is 5.97 Å². The number of rotatable bonds is 4. The smallest absolute Gasteiger partial charge is 0.311 e. The molecule has 1 aromatic carbocycles. The van der Waals surface area contributed by atoms with Crippen LogP contribution in [0, 0.1) is 6.92 Å². The molecule has 112 valence electrons. The average molecular weight is 288 g/mol. The van der Waals surface area contributed by atoms with E-state index in [1.807, 2.05) is 12.1 Å². The van der Waals surface area contributed by atoms with Gasteiger partial charge >= 0.3 is 5.97 Å². The van der Waals surface area contributed by atoms with Gasteiger partial charge in [0.05, 0.1) is 5.69 Å². The van der Waals surface area contributed by atoms with E-state index in [0.29, 0.717) is 17.5 Å². The predicted molar refractivity (Wildman–Crippen MR) is 81.0 cm³/mol. The molecule has 21 heavy (non-hydrogen) atoms. The zero-order valence-corrected chi connectivity index (χ0v) is 12.7. The van der Waals surface area contributed by atoms with E-state index in [2.05, 4.69) is 43.2 Å². The molecule has 0 radical (unpaired) electrons. The van der Waals surface area contributed by atoms with Gasteiger partial charge < -0.3 is 14.8 Å². The van der Waals surface area contributed by atoms with Crippen molar-refractivity contribution in [2.24, 2.45) is 0 Å². The summed E-state index contributed by atoms with van der Waals surface area (Å²) in [6.45, 7) is 8.21. The SMILES string of the molecule is Cc1nc(Nc2ccc(C(C)(C)C)cc2)oc1CC(=O)O. The minimum absolute atomic E-state index is 0.104. The van der Waals surface area contributed by atoms with Crippen LogP contribution in [0.4, 0.5) is 11.7 Å². The van der Waals surface area contributed by atoms with Gasteiger partial charge in [0.25, 0.3) is 6.01 Å². The molecule has 2 N–H and O–H groups in total. The molecule has 0 saturated heterocycles. The second kappa shape index (κ2) is 5.60. The Kier molecular flexibility index (Phi) is 4.02. The number of nitrogens with one attached hydrogen (secondary N) is 1. The molecule has 0 amide bonds. The first-order valence-electron chi connectivity index (χ1n) is 6.81. The van der Waals surface area contributed by atoms with Crippen molar-refractivity contribution >= 4 is 17.7 Å². The molecule has 2 rings (SSSR count). The molecule has 5 heteroatoms. The van der Waals surface area contributed by atoms with E-state index in [1.165, 1.54) is 5.56 Å². The molecule has 0 bridgehead atoms. The fraction of sp³-hybridized carbons (Fsp3) is 0.375. The summed E-state index contributed by atoms with van der Waals surface area (Å²) in [4.78, 5) is 14.9. The van der Waals surface area contributed by atoms with Crippen LogP contribution in [0.15, 0.2) is 28.7 Å². The van der Waals surface area contributed by atoms with Gasteiger partial charge in [-0.05, 0) is 30.0 Å². The Morgan fingerprint density at radius 3 is 2.43 bits per heavy atom. The Morgan fingerprint density at radius 2 is 1.90 bits per heavy atom. The highest BCUT2D eigenvalue weighted by atomic mass is 16.4. The van der Waals surface area contributed by atoms with Crippen molar-refractivity contribution in [3.05, 3.63) is 41.3 Å². The van der Waals surface area contributed by atoms with Crippen LogP contribution in [-0.2, 0) is 16.6 Å². The normalized spacial score (nSPS) is 11.4. The molecular formula is C16H20N2O3. The molecule has 0 spiro atoms. The molecule has 0 unspecified atom stereocenters. The van der Waals surface area contributed by atoms with E-state index in [0.717, 1.165) is 5.69 Å². The zero-order chi connectivity index (χ0) is 15.6. The topological polar surface area (TPSA) is 75.4 Å². The Balaban J connectivity index is 2.13. The van der Waals surface area contributed by atoms with Gasteiger partial charge in [-0.15, -0.1) is 0 Å². The fourth-order valence-electron chi connectivity index (χ4n) is 1.96. The summed E-state index contributed by atoms with van der Waals surface area (Å²) < 4.78 is 5.42. The van der Waals surface area contributed by atoms with E-state index in [1.54, 1.807) is 6.92 Å². The van der Waals surface area contributed by atoms with Crippen LogP contribution in [0.25, 0.3) is 0 Å². The third kappa shape index (κ3) is 3.84. The summed E-state index contributed by atoms with van der Waals surface area (Å²) in [7, 11) is 0. The molecule has 1 aromatic heterocycles. The third-order valence-corrected chi connectivity index (χ3v) is 3.21. The number of aromatic nitrogens is 1. The number of aliphatic carboxylic acids is 1. The zero-order valence-electron chi connectivity index (χ0n) is 12.7. The van der Waals surface area contributed by atoms with Gasteiger partial charge in [0.15, 0.2) is 0 Å². The number of hydrogen-bond acceptors (Lipinski definition) is 4. The van der Waals surface area contributed by atoms with Crippen molar-refractivity contribution in [2.75, 3.05) is 5.32 Å². The summed E-state index contributed by atoms with van der Waals surface area (Å²) in [5, 5.41) is 11.8. The van der Waals surface area contributed by atoms with Crippen LogP contribution >= 0.6 is 0 Å². The number of carboxylic acids is 1. The van der Waals surface area contributed by atoms with Gasteiger partial charge in [0.2, 0.25) is 0 Å². The standard InChI is InChI=1S/C16H20N2O3/c1-10-13(9-14(19)20)21-15(17-10)18-12-7-5-11(6-8-12)16(2,3)4/h5-8H,9H2,1-4H3,(H,17,18)(H,19,20). The van der Waals surface area contributed by atoms with Gasteiger partial charge in [-0.3, -0.25) is 4.79 Å². The molecular weight excluding hydrogens is 268 g/mol. The van der Waals surface area contributed by atoms with Gasteiger partial charge in [-0.25, -0.2) is 0 Å². The maximum Gasteiger partial charge on any atom is 0.311 e. The van der Waals surface area contributed by atoms with Crippen molar-refractivity contribution in [3.63, 3.8) is 0 Å². The monoisotopic (exact) mass is 288 g/mol. The molecule has 0 atom stereocenters. The minimum atomic E-state index is -0.935. The van der Waals surface area contributed by atoms with Crippen molar-refractivity contribution in [3.8, 4) is 0 Å². The fourth-order valence-corrected chi connectivity index (χ4v) is 1.96. The molecule has 0 fully saturated rings. The van der Waals surface area contributed by atoms with E-state index in [-0.39, 0.29) is 11.8 Å². The average Bonchev–Trinajstić information content (AvgIpc) is 2.68. The lowest BCUT2D eigenvalue weighted by atomic mass is 9.87. The minimum Gasteiger partial charge on any atom is -0.481 e. The number of nitrogens with zero attached hydrogens (tertiary/aromatic N) is 1. The van der Waals surface area contributed by atoms with Crippen LogP contribution in [0.3, 0.4) is 0 Å². The van der Waals surface area contributed by atoms with E-state index in [4.69, 9.17) is 9.52 Å². The number of carboxylic acid groups (broad SMARTS) is 1. The summed E-state index contributed by atoms with van der Waals surface area (Å²) in [5.41, 5.74) is 2.78. The summed E-state index contributed by atoms with van der Waals surface area (Å²) >= 11 is 0. The molecule has 5 nitrogen and oxygen atoms in total. The Bertz CT molecular complexity index is 637. The second-order valence-corrected chi connectivity index (χ2v) is 6.05. The molecule has 0 aliphatic carbocycles. The highest BCUT2D eigenvalue weighted by molar-refractivity contribution is 5.69. The maximum absolute atomic E-state index is 10.7. The first-order chi connectivity index (χ1) is 9.75. The van der Waals surface area contributed by atoms with Crippen LogP contribution in [0.1, 0.15) is 37.8 Å². The van der Waals surface area contributed by atoms with Crippen molar-refractivity contribution in [1.82, 2.24) is 4.98 Å². The second-order valence-electron chi connectivity index (χ2n) is 6.05. The number of carbonyl (C=O) groups is 1. The number of aryl methyl sites for hydroxylation is 1. The lowest BCUT2D eigenvalue weighted by Gasteiger charge is -2.19. The molecule has 1 heterocycles. The van der Waals surface area contributed by atoms with E-state index in [9.17, 15) is 4.79 Å². The van der Waals surface area contributed by atoms with E-state index >= 15 is 0 Å². The van der Waals surface area contributed by atoms with Crippen molar-refractivity contribution in [1.29, 1.82) is 0 Å². The predicted octanol–water partition coefficient (Wildman–Crippen LogP) is 3.65. The molecule has 2 aromatic rings. The van der Waals surface area contributed by atoms with Gasteiger partial charge in [0.1, 0.15) is 12.2 Å². The van der Waals surface area contributed by atoms with Gasteiger partial charge in [-0.1, -0.05) is 32.9 Å². The number of hydrogen-bond donors (Lipinski definition) is 2. The summed E-state index contributed by atoms with van der Waals surface area (Å²) in [6, 6.07) is 8.33. The maximum atomic E-state index is 10.7. The number of benzene rings is 1. The quantitative estimate of drug-likeness (QED) is 0.898. The molecule has 0 saturated carbocycles. The first kappa shape index (κ1) is 15.1. The van der Waals surface area contributed by atoms with Crippen LogP contribution in [0.2, 0.25) is 0 Å². The van der Waals surface area contributed by atoms with Crippen LogP contribution in [0.5, 0.6) is 0 Å². The number of oxazole rings is 1. The summed E-state index contributed by atoms with van der Waals surface area (Å²) in [6.07, 6.45) is -0.163. The highest BCUT2D eigenvalue weighted by Crippen LogP contribution is 2.25. The molecule has 0 aliphatic rings. The Hall–Kier alpha value is -2.30. The largest absolute Gasteiger partial charge is 0.481 e. The lowest BCUT2D eigenvalue weighted by Crippen LogP contribution is -2.10. The molecule has 0 aliphatic heterocycles. The number of anilines is 2.